The van der Waals surface area contributed by atoms with Gasteiger partial charge in [-0.2, -0.15) is 5.10 Å². The fraction of sp³-hybridized carbons (Fsp3) is 0.300. The van der Waals surface area contributed by atoms with Crippen LogP contribution in [0.15, 0.2) is 78.2 Å². The largest absolute Gasteiger partial charge is 0.476 e. The molecule has 8 nitrogen and oxygen atoms in total. The first kappa shape index (κ1) is 26.6. The van der Waals surface area contributed by atoms with Crippen LogP contribution in [0.5, 0.6) is 5.88 Å². The Morgan fingerprint density at radius 2 is 1.79 bits per heavy atom. The van der Waals surface area contributed by atoms with Gasteiger partial charge in [-0.1, -0.05) is 73.5 Å². The van der Waals surface area contributed by atoms with Crippen molar-refractivity contribution in [2.45, 2.75) is 57.6 Å². The Morgan fingerprint density at radius 1 is 1.00 bits per heavy atom. The highest BCUT2D eigenvalue weighted by atomic mass is 32.1. The lowest BCUT2D eigenvalue weighted by Crippen LogP contribution is -2.47. The minimum Gasteiger partial charge on any atom is -0.476 e. The van der Waals surface area contributed by atoms with Crippen LogP contribution in [0.2, 0.25) is 0 Å². The number of aromatic nitrogens is 2. The van der Waals surface area contributed by atoms with Crippen molar-refractivity contribution in [3.8, 4) is 16.3 Å². The SMILES string of the molecule is O=C(Cn1nc(C(=O)O)cc1OCc1ccccc1-c1cccs1)NC1CCCCC1OCc1ccccc1. The van der Waals surface area contributed by atoms with E-state index < -0.39 is 5.97 Å². The van der Waals surface area contributed by atoms with E-state index in [1.165, 1.54) is 10.7 Å². The van der Waals surface area contributed by atoms with E-state index in [4.69, 9.17) is 9.47 Å². The number of carboxylic acids is 1. The monoisotopic (exact) mass is 545 g/mol. The van der Waals surface area contributed by atoms with E-state index in [9.17, 15) is 14.7 Å². The molecule has 0 bridgehead atoms. The molecule has 2 aromatic carbocycles. The molecule has 1 saturated carbocycles. The Bertz CT molecular complexity index is 1390. The number of hydrogen-bond acceptors (Lipinski definition) is 6. The quantitative estimate of drug-likeness (QED) is 0.257. The van der Waals surface area contributed by atoms with Crippen LogP contribution in [0.3, 0.4) is 0 Å². The van der Waals surface area contributed by atoms with Gasteiger partial charge in [-0.25, -0.2) is 9.48 Å². The smallest absolute Gasteiger partial charge is 0.356 e. The molecule has 0 spiro atoms. The molecule has 202 valence electrons. The van der Waals surface area contributed by atoms with Crippen molar-refractivity contribution in [2.24, 2.45) is 0 Å². The molecule has 9 heteroatoms. The maximum atomic E-state index is 13.1. The van der Waals surface area contributed by atoms with Gasteiger partial charge in [-0.15, -0.1) is 11.3 Å². The van der Waals surface area contributed by atoms with E-state index in [2.05, 4.69) is 10.4 Å². The molecule has 1 aliphatic rings. The van der Waals surface area contributed by atoms with Gasteiger partial charge in [-0.3, -0.25) is 4.79 Å². The van der Waals surface area contributed by atoms with Crippen molar-refractivity contribution < 1.29 is 24.2 Å². The maximum absolute atomic E-state index is 13.1. The zero-order valence-corrected chi connectivity index (χ0v) is 22.3. The molecule has 0 aliphatic heterocycles. The molecule has 1 amide bonds. The van der Waals surface area contributed by atoms with Gasteiger partial charge in [0.1, 0.15) is 13.2 Å². The van der Waals surface area contributed by atoms with Crippen molar-refractivity contribution >= 4 is 23.2 Å². The van der Waals surface area contributed by atoms with E-state index in [-0.39, 0.29) is 42.8 Å². The van der Waals surface area contributed by atoms with Crippen LogP contribution in [-0.2, 0) is 29.3 Å². The number of nitrogens with one attached hydrogen (secondary N) is 1. The molecule has 0 saturated heterocycles. The van der Waals surface area contributed by atoms with Crippen molar-refractivity contribution in [1.82, 2.24) is 15.1 Å². The van der Waals surface area contributed by atoms with Gasteiger partial charge in [0.15, 0.2) is 5.69 Å². The third kappa shape index (κ3) is 6.93. The fourth-order valence-corrected chi connectivity index (χ4v) is 5.62. The van der Waals surface area contributed by atoms with E-state index in [1.54, 1.807) is 11.3 Å². The summed E-state index contributed by atoms with van der Waals surface area (Å²) >= 11 is 1.64. The van der Waals surface area contributed by atoms with Crippen LogP contribution in [0, 0.1) is 0 Å². The fourth-order valence-electron chi connectivity index (χ4n) is 4.83. The number of aromatic carboxylic acids is 1. The summed E-state index contributed by atoms with van der Waals surface area (Å²) in [5, 5.41) is 18.7. The van der Waals surface area contributed by atoms with Gasteiger partial charge in [0.2, 0.25) is 11.8 Å². The van der Waals surface area contributed by atoms with E-state index >= 15 is 0 Å². The average Bonchev–Trinajstić information content (AvgIpc) is 3.63. The van der Waals surface area contributed by atoms with Crippen LogP contribution in [0.1, 0.15) is 47.3 Å². The standard InChI is InChI=1S/C30H31N3O5S/c34-28(31-24-13-6-7-14-26(24)37-19-21-9-2-1-3-10-21)18-33-29(17-25(32-33)30(35)36)38-20-22-11-4-5-12-23(22)27-15-8-16-39-27/h1-5,8-12,15-17,24,26H,6-7,13-14,18-20H2,(H,31,34)(H,35,36). The third-order valence-electron chi connectivity index (χ3n) is 6.79. The van der Waals surface area contributed by atoms with Gasteiger partial charge in [0.05, 0.1) is 18.8 Å². The maximum Gasteiger partial charge on any atom is 0.356 e. The number of amides is 1. The molecule has 4 aromatic rings. The lowest BCUT2D eigenvalue weighted by atomic mass is 9.92. The van der Waals surface area contributed by atoms with Crippen LogP contribution in [0.25, 0.3) is 10.4 Å². The summed E-state index contributed by atoms with van der Waals surface area (Å²) < 4.78 is 13.5. The molecule has 2 unspecified atom stereocenters. The normalized spacial score (nSPS) is 17.0. The summed E-state index contributed by atoms with van der Waals surface area (Å²) in [5.74, 6) is -1.22. The minimum atomic E-state index is -1.18. The van der Waals surface area contributed by atoms with Gasteiger partial charge < -0.3 is 19.9 Å². The Balaban J connectivity index is 1.25. The molecular weight excluding hydrogens is 514 g/mol. The van der Waals surface area contributed by atoms with Crippen LogP contribution < -0.4 is 10.1 Å². The topological polar surface area (TPSA) is 103 Å². The number of rotatable bonds is 11. The molecular formula is C30H31N3O5S. The number of nitrogens with zero attached hydrogens (tertiary/aromatic N) is 2. The summed E-state index contributed by atoms with van der Waals surface area (Å²) in [6.07, 6.45) is 3.69. The van der Waals surface area contributed by atoms with Crippen molar-refractivity contribution in [3.05, 3.63) is 95.0 Å². The van der Waals surface area contributed by atoms with Gasteiger partial charge in [0, 0.05) is 10.9 Å². The Labute approximate surface area is 231 Å². The molecule has 2 N–H and O–H groups in total. The molecule has 1 fully saturated rings. The number of carbonyl (C=O) groups is 2. The summed E-state index contributed by atoms with van der Waals surface area (Å²) in [4.78, 5) is 25.8. The summed E-state index contributed by atoms with van der Waals surface area (Å²) in [6.45, 7) is 0.541. The predicted molar refractivity (Wildman–Crippen MR) is 149 cm³/mol. The van der Waals surface area contributed by atoms with Crippen LogP contribution in [0.4, 0.5) is 0 Å². The highest BCUT2D eigenvalue weighted by Crippen LogP contribution is 2.29. The van der Waals surface area contributed by atoms with E-state index in [0.29, 0.717) is 6.61 Å². The highest BCUT2D eigenvalue weighted by molar-refractivity contribution is 7.13. The second-order valence-corrected chi connectivity index (χ2v) is 10.5. The molecule has 2 atom stereocenters. The number of benzene rings is 2. The average molecular weight is 546 g/mol. The van der Waals surface area contributed by atoms with E-state index in [1.807, 2.05) is 72.1 Å². The van der Waals surface area contributed by atoms with Crippen molar-refractivity contribution in [1.29, 1.82) is 0 Å². The second-order valence-electron chi connectivity index (χ2n) is 9.55. The Hall–Kier alpha value is -3.95. The Kier molecular flexibility index (Phi) is 8.70. The predicted octanol–water partition coefficient (Wildman–Crippen LogP) is 5.53. The number of ether oxygens (including phenoxy) is 2. The first-order valence-corrected chi connectivity index (χ1v) is 14.0. The van der Waals surface area contributed by atoms with E-state index in [0.717, 1.165) is 47.3 Å². The number of carbonyl (C=O) groups excluding carboxylic acids is 1. The first-order valence-electron chi connectivity index (χ1n) is 13.1. The van der Waals surface area contributed by atoms with Crippen LogP contribution in [-0.4, -0.2) is 38.9 Å². The third-order valence-corrected chi connectivity index (χ3v) is 7.69. The van der Waals surface area contributed by atoms with Crippen molar-refractivity contribution in [3.63, 3.8) is 0 Å². The Morgan fingerprint density at radius 3 is 2.59 bits per heavy atom. The summed E-state index contributed by atoms with van der Waals surface area (Å²) in [6, 6.07) is 23.2. The molecule has 0 radical (unpaired) electrons. The van der Waals surface area contributed by atoms with Gasteiger partial charge in [0.25, 0.3) is 0 Å². The molecule has 2 heterocycles. The van der Waals surface area contributed by atoms with Gasteiger partial charge in [-0.05, 0) is 41.0 Å². The molecule has 1 aliphatic carbocycles. The summed E-state index contributed by atoms with van der Waals surface area (Å²) in [7, 11) is 0. The number of thiophene rings is 1. The molecule has 2 aromatic heterocycles. The number of hydrogen-bond donors (Lipinski definition) is 2. The minimum absolute atomic E-state index is 0.0837. The first-order chi connectivity index (χ1) is 19.1. The highest BCUT2D eigenvalue weighted by Gasteiger charge is 2.28. The molecule has 39 heavy (non-hydrogen) atoms. The summed E-state index contributed by atoms with van der Waals surface area (Å²) in [5.41, 5.74) is 2.92. The lowest BCUT2D eigenvalue weighted by Gasteiger charge is -2.32. The molecule has 5 rings (SSSR count). The number of carboxylic acid groups (broad SMARTS) is 1. The second kappa shape index (κ2) is 12.7. The van der Waals surface area contributed by atoms with Crippen molar-refractivity contribution in [2.75, 3.05) is 0 Å². The zero-order valence-electron chi connectivity index (χ0n) is 21.5. The van der Waals surface area contributed by atoms with Crippen LogP contribution >= 0.6 is 11.3 Å². The zero-order chi connectivity index (χ0) is 27.0. The van der Waals surface area contributed by atoms with Gasteiger partial charge >= 0.3 is 5.97 Å². The lowest BCUT2D eigenvalue weighted by molar-refractivity contribution is -0.124.